The molecule has 0 radical (unpaired) electrons. The van der Waals surface area contributed by atoms with E-state index in [1.54, 1.807) is 25.1 Å². The zero-order valence-electron chi connectivity index (χ0n) is 13.2. The van der Waals surface area contributed by atoms with Crippen molar-refractivity contribution in [2.24, 2.45) is 0 Å². The Bertz CT molecular complexity index is 1010. The van der Waals surface area contributed by atoms with Gasteiger partial charge in [-0.05, 0) is 53.9 Å². The lowest BCUT2D eigenvalue weighted by molar-refractivity contribution is -0.274. The van der Waals surface area contributed by atoms with Gasteiger partial charge in [0, 0.05) is 10.6 Å². The van der Waals surface area contributed by atoms with E-state index in [1.165, 1.54) is 18.2 Å². The fourth-order valence-corrected chi connectivity index (χ4v) is 2.78. The van der Waals surface area contributed by atoms with Gasteiger partial charge < -0.3 is 4.74 Å². The van der Waals surface area contributed by atoms with Crippen LogP contribution in [0.1, 0.15) is 11.3 Å². The molecule has 0 saturated heterocycles. The largest absolute Gasteiger partial charge is 0.573 e. The van der Waals surface area contributed by atoms with Gasteiger partial charge >= 0.3 is 6.36 Å². The number of hydrogen-bond acceptors (Lipinski definition) is 4. The number of halogens is 4. The molecule has 3 aromatic rings. The molecule has 0 aliphatic rings. The lowest BCUT2D eigenvalue weighted by Crippen LogP contribution is -2.17. The molecule has 0 aliphatic heterocycles. The summed E-state index contributed by atoms with van der Waals surface area (Å²) < 4.78 is 41.0. The zero-order chi connectivity index (χ0) is 18.9. The van der Waals surface area contributed by atoms with E-state index in [1.807, 2.05) is 6.07 Å². The minimum absolute atomic E-state index is 0.184. The monoisotopic (exact) mass is 378 g/mol. The number of H-pyrrole nitrogens is 1. The second kappa shape index (κ2) is 6.69. The molecule has 1 aromatic heterocycles. The minimum Gasteiger partial charge on any atom is -0.406 e. The smallest absolute Gasteiger partial charge is 0.406 e. The van der Waals surface area contributed by atoms with Crippen LogP contribution in [-0.4, -0.2) is 21.8 Å². The topological polar surface area (TPSA) is 74.6 Å². The van der Waals surface area contributed by atoms with Crippen molar-refractivity contribution in [3.8, 4) is 34.2 Å². The highest BCUT2D eigenvalue weighted by atomic mass is 35.5. The number of hydrogen-bond donors (Lipinski definition) is 1. The number of ether oxygens (including phenoxy) is 1. The molecule has 0 unspecified atom stereocenters. The Hall–Kier alpha value is -3.05. The highest BCUT2D eigenvalue weighted by Crippen LogP contribution is 2.34. The van der Waals surface area contributed by atoms with E-state index < -0.39 is 6.36 Å². The van der Waals surface area contributed by atoms with Crippen LogP contribution in [0.3, 0.4) is 0 Å². The van der Waals surface area contributed by atoms with Gasteiger partial charge in [0.15, 0.2) is 5.69 Å². The summed E-state index contributed by atoms with van der Waals surface area (Å²) in [4.78, 5) is 0. The predicted molar refractivity (Wildman–Crippen MR) is 88.4 cm³/mol. The molecule has 0 fully saturated rings. The molecule has 3 rings (SSSR count). The van der Waals surface area contributed by atoms with Gasteiger partial charge in [-0.15, -0.1) is 18.3 Å². The van der Waals surface area contributed by atoms with Crippen LogP contribution in [0.25, 0.3) is 22.4 Å². The first-order valence-corrected chi connectivity index (χ1v) is 7.63. The Morgan fingerprint density at radius 2 is 1.88 bits per heavy atom. The molecule has 0 saturated carbocycles. The summed E-state index contributed by atoms with van der Waals surface area (Å²) in [6.45, 7) is 1.66. The van der Waals surface area contributed by atoms with Gasteiger partial charge in [-0.1, -0.05) is 22.9 Å². The number of aromatic amines is 1. The quantitative estimate of drug-likeness (QED) is 0.705. The second-order valence-corrected chi connectivity index (χ2v) is 5.84. The molecule has 0 aliphatic carbocycles. The second-order valence-electron chi connectivity index (χ2n) is 5.40. The Morgan fingerprint density at radius 1 is 1.15 bits per heavy atom. The first kappa shape index (κ1) is 17.8. The van der Waals surface area contributed by atoms with Gasteiger partial charge in [-0.3, -0.25) is 0 Å². The summed E-state index contributed by atoms with van der Waals surface area (Å²) in [5.41, 5.74) is 2.99. The van der Waals surface area contributed by atoms with Crippen molar-refractivity contribution >= 4 is 11.6 Å². The molecule has 0 atom stereocenters. The first-order chi connectivity index (χ1) is 12.3. The fourth-order valence-electron chi connectivity index (χ4n) is 2.55. The van der Waals surface area contributed by atoms with E-state index in [9.17, 15) is 13.2 Å². The Kier molecular flexibility index (Phi) is 4.57. The average molecular weight is 379 g/mol. The van der Waals surface area contributed by atoms with Crippen LogP contribution in [0.4, 0.5) is 13.2 Å². The third-order valence-corrected chi connectivity index (χ3v) is 3.79. The molecule has 1 N–H and O–H groups in total. The van der Waals surface area contributed by atoms with Gasteiger partial charge in [0.2, 0.25) is 0 Å². The molecule has 132 valence electrons. The van der Waals surface area contributed by atoms with E-state index in [0.29, 0.717) is 33.0 Å². The summed E-state index contributed by atoms with van der Waals surface area (Å²) in [6, 6.07) is 11.0. The number of benzene rings is 2. The maximum atomic E-state index is 12.3. The number of nitrogens with one attached hydrogen (secondary N) is 1. The summed E-state index contributed by atoms with van der Waals surface area (Å²) in [5.74, 6) is -0.302. The van der Waals surface area contributed by atoms with Gasteiger partial charge in [0.1, 0.15) is 17.5 Å². The highest BCUT2D eigenvalue weighted by molar-refractivity contribution is 6.31. The summed E-state index contributed by atoms with van der Waals surface area (Å²) in [7, 11) is 0. The number of nitriles is 1. The number of nitrogens with zero attached hydrogens (tertiary/aromatic N) is 3. The molecule has 0 spiro atoms. The fraction of sp³-hybridized carbons (Fsp3) is 0.118. The minimum atomic E-state index is -4.75. The van der Waals surface area contributed by atoms with Crippen molar-refractivity contribution in [1.29, 1.82) is 5.26 Å². The van der Waals surface area contributed by atoms with Crippen LogP contribution >= 0.6 is 11.6 Å². The normalized spacial score (nSPS) is 11.2. The maximum absolute atomic E-state index is 12.3. The zero-order valence-corrected chi connectivity index (χ0v) is 14.0. The standard InChI is InChI=1S/C17H10ClF3N4O/c1-9-4-13(26-17(19,20)21)2-3-14(9)10-5-11(7-12(18)6-10)16-15(8-22)23-25-24-16/h2-7H,1H3,(H,23,24,25). The van der Waals surface area contributed by atoms with Crippen LogP contribution in [0.15, 0.2) is 36.4 Å². The van der Waals surface area contributed by atoms with Crippen molar-refractivity contribution < 1.29 is 17.9 Å². The van der Waals surface area contributed by atoms with Crippen LogP contribution < -0.4 is 4.74 Å². The molecule has 1 heterocycles. The number of alkyl halides is 3. The molecule has 9 heteroatoms. The molecule has 26 heavy (non-hydrogen) atoms. The Morgan fingerprint density at radius 3 is 2.54 bits per heavy atom. The van der Waals surface area contributed by atoms with E-state index in [4.69, 9.17) is 16.9 Å². The van der Waals surface area contributed by atoms with Crippen molar-refractivity contribution in [3.05, 3.63) is 52.7 Å². The van der Waals surface area contributed by atoms with Crippen LogP contribution in [-0.2, 0) is 0 Å². The van der Waals surface area contributed by atoms with Crippen molar-refractivity contribution in [2.75, 3.05) is 0 Å². The van der Waals surface area contributed by atoms with Gasteiger partial charge in [-0.2, -0.15) is 5.26 Å². The number of rotatable bonds is 3. The Labute approximate surface area is 151 Å². The molecular weight excluding hydrogens is 369 g/mol. The third-order valence-electron chi connectivity index (χ3n) is 3.57. The van der Waals surface area contributed by atoms with E-state index in [0.717, 1.165) is 0 Å². The van der Waals surface area contributed by atoms with Crippen molar-refractivity contribution in [1.82, 2.24) is 15.4 Å². The van der Waals surface area contributed by atoms with Gasteiger partial charge in [0.05, 0.1) is 0 Å². The summed E-state index contributed by atoms with van der Waals surface area (Å²) in [5, 5.41) is 19.4. The van der Waals surface area contributed by atoms with E-state index >= 15 is 0 Å². The summed E-state index contributed by atoms with van der Waals surface area (Å²) >= 11 is 6.17. The maximum Gasteiger partial charge on any atom is 0.573 e. The molecule has 0 amide bonds. The van der Waals surface area contributed by atoms with E-state index in [2.05, 4.69) is 20.1 Å². The highest BCUT2D eigenvalue weighted by Gasteiger charge is 2.31. The molecule has 5 nitrogen and oxygen atoms in total. The lowest BCUT2D eigenvalue weighted by atomic mass is 9.97. The third kappa shape index (κ3) is 3.78. The Balaban J connectivity index is 2.04. The predicted octanol–water partition coefficient (Wildman–Crippen LogP) is 4.87. The van der Waals surface area contributed by atoms with Crippen molar-refractivity contribution in [2.45, 2.75) is 13.3 Å². The average Bonchev–Trinajstić information content (AvgIpc) is 3.01. The molecule has 0 bridgehead atoms. The van der Waals surface area contributed by atoms with Crippen LogP contribution in [0.2, 0.25) is 5.02 Å². The lowest BCUT2D eigenvalue weighted by Gasteiger charge is -2.13. The van der Waals surface area contributed by atoms with Gasteiger partial charge in [-0.25, -0.2) is 5.10 Å². The van der Waals surface area contributed by atoms with Crippen LogP contribution in [0.5, 0.6) is 5.75 Å². The SMILES string of the molecule is Cc1cc(OC(F)(F)F)ccc1-c1cc(Cl)cc(-c2nn[nH]c2C#N)c1. The van der Waals surface area contributed by atoms with Crippen LogP contribution in [0, 0.1) is 18.3 Å². The first-order valence-electron chi connectivity index (χ1n) is 7.26. The van der Waals surface area contributed by atoms with Crippen molar-refractivity contribution in [3.63, 3.8) is 0 Å². The van der Waals surface area contributed by atoms with E-state index in [-0.39, 0.29) is 11.4 Å². The molecule has 2 aromatic carbocycles. The summed E-state index contributed by atoms with van der Waals surface area (Å²) in [6.07, 6.45) is -4.75. The number of aryl methyl sites for hydroxylation is 1. The molecular formula is C17H10ClF3N4O. The number of aromatic nitrogens is 3. The van der Waals surface area contributed by atoms with Gasteiger partial charge in [0.25, 0.3) is 0 Å².